The van der Waals surface area contributed by atoms with E-state index in [9.17, 15) is 4.79 Å². The molecule has 1 amide bonds. The monoisotopic (exact) mass is 337 g/mol. The van der Waals surface area contributed by atoms with E-state index in [0.717, 1.165) is 16.5 Å². The summed E-state index contributed by atoms with van der Waals surface area (Å²) in [6, 6.07) is 17.7. The molecule has 3 rings (SSSR count). The predicted octanol–water partition coefficient (Wildman–Crippen LogP) is 4.30. The van der Waals surface area contributed by atoms with Crippen LogP contribution in [0.2, 0.25) is 0 Å². The molecule has 1 unspecified atom stereocenters. The van der Waals surface area contributed by atoms with Crippen LogP contribution in [0.15, 0.2) is 72.1 Å². The first kappa shape index (κ1) is 16.3. The molecule has 1 N–H and O–H groups in total. The molecule has 0 bridgehead atoms. The first-order valence-electron chi connectivity index (χ1n) is 7.76. The molecule has 4 nitrogen and oxygen atoms in total. The second kappa shape index (κ2) is 7.36. The topological polar surface area (TPSA) is 46.9 Å². The van der Waals surface area contributed by atoms with E-state index in [2.05, 4.69) is 29.4 Å². The average molecular weight is 337 g/mol. The standard InChI is InChI=1S/C19H19N3OS/c1-14-7-6-10-17(13-14)22-12-11-20-19(22)24-15(2)18(23)21-16-8-4-3-5-9-16/h3-13,15H,1-2H3,(H,21,23). The maximum absolute atomic E-state index is 12.4. The van der Waals surface area contributed by atoms with Crippen LogP contribution in [0.25, 0.3) is 5.69 Å². The Balaban J connectivity index is 1.72. The molecule has 0 aliphatic heterocycles. The smallest absolute Gasteiger partial charge is 0.237 e. The first-order valence-corrected chi connectivity index (χ1v) is 8.64. The van der Waals surface area contributed by atoms with Gasteiger partial charge in [0.05, 0.1) is 5.25 Å². The van der Waals surface area contributed by atoms with Crippen LogP contribution in [0.4, 0.5) is 5.69 Å². The highest BCUT2D eigenvalue weighted by molar-refractivity contribution is 8.00. The lowest BCUT2D eigenvalue weighted by molar-refractivity contribution is -0.115. The van der Waals surface area contributed by atoms with Gasteiger partial charge in [-0.25, -0.2) is 4.98 Å². The highest BCUT2D eigenvalue weighted by Gasteiger charge is 2.18. The normalized spacial score (nSPS) is 11.9. The zero-order chi connectivity index (χ0) is 16.9. The molecule has 5 heteroatoms. The highest BCUT2D eigenvalue weighted by Crippen LogP contribution is 2.25. The summed E-state index contributed by atoms with van der Waals surface area (Å²) >= 11 is 1.44. The van der Waals surface area contributed by atoms with Crippen molar-refractivity contribution in [2.75, 3.05) is 5.32 Å². The van der Waals surface area contributed by atoms with Crippen molar-refractivity contribution in [1.82, 2.24) is 9.55 Å². The van der Waals surface area contributed by atoms with Crippen LogP contribution in [-0.4, -0.2) is 20.7 Å². The molecule has 0 aliphatic carbocycles. The van der Waals surface area contributed by atoms with Crippen LogP contribution in [0.1, 0.15) is 12.5 Å². The average Bonchev–Trinajstić information content (AvgIpc) is 3.04. The van der Waals surface area contributed by atoms with E-state index in [4.69, 9.17) is 0 Å². The molecule has 2 aromatic carbocycles. The van der Waals surface area contributed by atoms with E-state index in [1.54, 1.807) is 6.20 Å². The molecule has 3 aromatic rings. The fourth-order valence-corrected chi connectivity index (χ4v) is 3.21. The summed E-state index contributed by atoms with van der Waals surface area (Å²) in [5.74, 6) is -0.0370. The Hall–Kier alpha value is -2.53. The van der Waals surface area contributed by atoms with E-state index in [0.29, 0.717) is 0 Å². The van der Waals surface area contributed by atoms with Crippen molar-refractivity contribution < 1.29 is 4.79 Å². The Morgan fingerprint density at radius 1 is 1.17 bits per heavy atom. The number of carbonyl (C=O) groups is 1. The minimum absolute atomic E-state index is 0.0370. The van der Waals surface area contributed by atoms with Crippen LogP contribution in [0, 0.1) is 6.92 Å². The summed E-state index contributed by atoms with van der Waals surface area (Å²) in [7, 11) is 0. The van der Waals surface area contributed by atoms with Gasteiger partial charge in [-0.1, -0.05) is 42.1 Å². The Labute approximate surface area is 145 Å². The lowest BCUT2D eigenvalue weighted by atomic mass is 10.2. The summed E-state index contributed by atoms with van der Waals surface area (Å²) < 4.78 is 2.00. The Kier molecular flexibility index (Phi) is 5.01. The number of rotatable bonds is 5. The van der Waals surface area contributed by atoms with Gasteiger partial charge in [0.1, 0.15) is 0 Å². The Morgan fingerprint density at radius 2 is 1.96 bits per heavy atom. The number of para-hydroxylation sites is 1. The van der Waals surface area contributed by atoms with Crippen molar-refractivity contribution in [3.8, 4) is 5.69 Å². The molecule has 0 aliphatic rings. The van der Waals surface area contributed by atoms with Crippen molar-refractivity contribution in [2.45, 2.75) is 24.3 Å². The number of amides is 1. The maximum atomic E-state index is 12.4. The van der Waals surface area contributed by atoms with Gasteiger partial charge in [0.15, 0.2) is 5.16 Å². The fraction of sp³-hybridized carbons (Fsp3) is 0.158. The number of imidazole rings is 1. The van der Waals surface area contributed by atoms with Gasteiger partial charge in [-0.3, -0.25) is 9.36 Å². The van der Waals surface area contributed by atoms with Crippen LogP contribution in [-0.2, 0) is 4.79 Å². The molecule has 1 heterocycles. The summed E-state index contributed by atoms with van der Waals surface area (Å²) in [6.45, 7) is 3.95. The highest BCUT2D eigenvalue weighted by atomic mass is 32.2. The third-order valence-corrected chi connectivity index (χ3v) is 4.66. The molecule has 0 radical (unpaired) electrons. The minimum Gasteiger partial charge on any atom is -0.325 e. The number of aryl methyl sites for hydroxylation is 1. The summed E-state index contributed by atoms with van der Waals surface area (Å²) in [5, 5.41) is 3.47. The van der Waals surface area contributed by atoms with Crippen molar-refractivity contribution in [1.29, 1.82) is 0 Å². The van der Waals surface area contributed by atoms with E-state index >= 15 is 0 Å². The number of hydrogen-bond acceptors (Lipinski definition) is 3. The SMILES string of the molecule is Cc1cccc(-n2ccnc2SC(C)C(=O)Nc2ccccc2)c1. The van der Waals surface area contributed by atoms with Gasteiger partial charge in [0.2, 0.25) is 5.91 Å². The van der Waals surface area contributed by atoms with Crippen molar-refractivity contribution in [2.24, 2.45) is 0 Å². The molecule has 0 spiro atoms. The zero-order valence-electron chi connectivity index (χ0n) is 13.6. The third-order valence-electron chi connectivity index (χ3n) is 3.58. The third kappa shape index (κ3) is 3.86. The molecule has 1 aromatic heterocycles. The first-order chi connectivity index (χ1) is 11.6. The summed E-state index contributed by atoms with van der Waals surface area (Å²) in [4.78, 5) is 16.8. The molecular weight excluding hydrogens is 318 g/mol. The summed E-state index contributed by atoms with van der Waals surface area (Å²) in [5.41, 5.74) is 3.04. The molecular formula is C19H19N3OS. The number of thioether (sulfide) groups is 1. The van der Waals surface area contributed by atoms with Gasteiger partial charge in [-0.05, 0) is 43.7 Å². The zero-order valence-corrected chi connectivity index (χ0v) is 14.5. The van der Waals surface area contributed by atoms with Crippen LogP contribution in [0.3, 0.4) is 0 Å². The van der Waals surface area contributed by atoms with Gasteiger partial charge in [-0.2, -0.15) is 0 Å². The van der Waals surface area contributed by atoms with Gasteiger partial charge in [-0.15, -0.1) is 0 Å². The van der Waals surface area contributed by atoms with Crippen LogP contribution >= 0.6 is 11.8 Å². The lowest BCUT2D eigenvalue weighted by Gasteiger charge is -2.13. The van der Waals surface area contributed by atoms with Gasteiger partial charge >= 0.3 is 0 Å². The number of nitrogens with zero attached hydrogens (tertiary/aromatic N) is 2. The van der Waals surface area contributed by atoms with E-state index in [1.165, 1.54) is 17.3 Å². The van der Waals surface area contributed by atoms with Crippen LogP contribution in [0.5, 0.6) is 0 Å². The Morgan fingerprint density at radius 3 is 2.71 bits per heavy atom. The number of nitrogens with one attached hydrogen (secondary N) is 1. The number of benzene rings is 2. The van der Waals surface area contributed by atoms with Gasteiger partial charge < -0.3 is 5.32 Å². The lowest BCUT2D eigenvalue weighted by Crippen LogP contribution is -2.22. The second-order valence-electron chi connectivity index (χ2n) is 5.53. The minimum atomic E-state index is -0.254. The van der Waals surface area contributed by atoms with Crippen molar-refractivity contribution in [3.63, 3.8) is 0 Å². The van der Waals surface area contributed by atoms with E-state index in [-0.39, 0.29) is 11.2 Å². The number of hydrogen-bond donors (Lipinski definition) is 1. The predicted molar refractivity (Wildman–Crippen MR) is 98.7 cm³/mol. The maximum Gasteiger partial charge on any atom is 0.237 e. The van der Waals surface area contributed by atoms with Crippen molar-refractivity contribution in [3.05, 3.63) is 72.6 Å². The number of aromatic nitrogens is 2. The molecule has 0 fully saturated rings. The van der Waals surface area contributed by atoms with E-state index in [1.807, 2.05) is 60.2 Å². The fourth-order valence-electron chi connectivity index (χ4n) is 2.33. The molecule has 1 atom stereocenters. The molecule has 0 saturated carbocycles. The van der Waals surface area contributed by atoms with Gasteiger partial charge in [0.25, 0.3) is 0 Å². The number of carbonyl (C=O) groups excluding carboxylic acids is 1. The molecule has 24 heavy (non-hydrogen) atoms. The quantitative estimate of drug-likeness (QED) is 0.706. The van der Waals surface area contributed by atoms with Crippen molar-refractivity contribution >= 4 is 23.4 Å². The Bertz CT molecular complexity index is 829. The number of anilines is 1. The second-order valence-corrected chi connectivity index (χ2v) is 6.84. The van der Waals surface area contributed by atoms with E-state index < -0.39 is 0 Å². The largest absolute Gasteiger partial charge is 0.325 e. The molecule has 0 saturated heterocycles. The van der Waals surface area contributed by atoms with Crippen LogP contribution < -0.4 is 5.32 Å². The molecule has 122 valence electrons. The van der Waals surface area contributed by atoms with Gasteiger partial charge in [0, 0.05) is 23.8 Å². The summed E-state index contributed by atoms with van der Waals surface area (Å²) in [6.07, 6.45) is 3.67.